The van der Waals surface area contributed by atoms with E-state index in [-0.39, 0.29) is 16.6 Å². The van der Waals surface area contributed by atoms with Crippen molar-refractivity contribution in [1.82, 2.24) is 0 Å². The molecule has 0 heterocycles. The van der Waals surface area contributed by atoms with Gasteiger partial charge in [0, 0.05) is 16.0 Å². The number of hydrogen-bond donors (Lipinski definition) is 0. The van der Waals surface area contributed by atoms with E-state index >= 15 is 0 Å². The Morgan fingerprint density at radius 3 is 3.23 bits per heavy atom. The van der Waals surface area contributed by atoms with Crippen LogP contribution in [-0.4, -0.2) is 0 Å². The molecular formula is C12H13Cl. The molecule has 0 saturated heterocycles. The SMILES string of the molecule is [2H]C1=C(c2cccc([2H])c2Cl)C([2H])([2H])C([2H])([2H])C([2H])([2H])C1([2H])[2H]. The lowest BCUT2D eigenvalue weighted by molar-refractivity contribution is 0.742. The van der Waals surface area contributed by atoms with Crippen LogP contribution in [0.15, 0.2) is 30.3 Å². The summed E-state index contributed by atoms with van der Waals surface area (Å²) in [6, 6.07) is 2.73. The summed E-state index contributed by atoms with van der Waals surface area (Å²) in [6.07, 6.45) is -12.6. The molecule has 1 aliphatic rings. The first-order valence-electron chi connectivity index (χ1n) is 8.68. The van der Waals surface area contributed by atoms with Crippen molar-refractivity contribution < 1.29 is 13.7 Å². The van der Waals surface area contributed by atoms with Gasteiger partial charge in [0.1, 0.15) is 0 Å². The zero-order valence-corrected chi connectivity index (χ0v) is 7.37. The summed E-state index contributed by atoms with van der Waals surface area (Å²) < 4.78 is 78.5. The fraction of sp³-hybridized carbons (Fsp3) is 0.333. The lowest BCUT2D eigenvalue weighted by Crippen LogP contribution is -1.92. The van der Waals surface area contributed by atoms with Crippen LogP contribution in [0.2, 0.25) is 5.02 Å². The first kappa shape index (κ1) is 2.87. The van der Waals surface area contributed by atoms with Crippen molar-refractivity contribution in [1.29, 1.82) is 0 Å². The molecule has 0 nitrogen and oxygen atoms in total. The van der Waals surface area contributed by atoms with Crippen LogP contribution in [0.4, 0.5) is 0 Å². The largest absolute Gasteiger partial charge is 0.0837 e. The molecule has 1 aliphatic carbocycles. The van der Waals surface area contributed by atoms with Gasteiger partial charge in [-0.25, -0.2) is 0 Å². The minimum absolute atomic E-state index is 0.183. The Kier molecular flexibility index (Phi) is 0.876. The molecule has 13 heavy (non-hydrogen) atoms. The Labute approximate surface area is 98.3 Å². The second kappa shape index (κ2) is 3.97. The predicted octanol–water partition coefficient (Wildman–Crippen LogP) is 4.30. The van der Waals surface area contributed by atoms with Crippen LogP contribution < -0.4 is 0 Å². The fourth-order valence-corrected chi connectivity index (χ4v) is 1.21. The number of allylic oxidation sites excluding steroid dienone is 2. The van der Waals surface area contributed by atoms with Gasteiger partial charge in [0.2, 0.25) is 0 Å². The van der Waals surface area contributed by atoms with Crippen LogP contribution >= 0.6 is 11.6 Å². The first-order chi connectivity index (χ1) is 10.2. The van der Waals surface area contributed by atoms with Crippen molar-refractivity contribution in [2.45, 2.75) is 25.5 Å². The van der Waals surface area contributed by atoms with Gasteiger partial charge >= 0.3 is 0 Å². The van der Waals surface area contributed by atoms with E-state index in [4.69, 9.17) is 25.3 Å². The number of benzene rings is 1. The second-order valence-electron chi connectivity index (χ2n) is 2.40. The quantitative estimate of drug-likeness (QED) is 0.637. The highest BCUT2D eigenvalue weighted by Crippen LogP contribution is 2.30. The molecule has 1 aromatic rings. The average molecular weight is 203 g/mol. The third-order valence-corrected chi connectivity index (χ3v) is 1.89. The molecule has 0 radical (unpaired) electrons. The van der Waals surface area contributed by atoms with Gasteiger partial charge in [-0.3, -0.25) is 0 Å². The highest BCUT2D eigenvalue weighted by Gasteiger charge is 2.08. The van der Waals surface area contributed by atoms with Crippen LogP contribution in [0.25, 0.3) is 5.57 Å². The van der Waals surface area contributed by atoms with E-state index in [1.807, 2.05) is 0 Å². The van der Waals surface area contributed by atoms with Gasteiger partial charge in [-0.05, 0) is 42.7 Å². The van der Waals surface area contributed by atoms with Gasteiger partial charge in [-0.1, -0.05) is 35.9 Å². The maximum Gasteiger partial charge on any atom is 0.0639 e. The number of rotatable bonds is 1. The van der Waals surface area contributed by atoms with Gasteiger partial charge < -0.3 is 0 Å². The molecular weight excluding hydrogens is 180 g/mol. The molecule has 0 amide bonds. The Hall–Kier alpha value is -0.750. The summed E-state index contributed by atoms with van der Waals surface area (Å²) in [5.41, 5.74) is -0.862. The van der Waals surface area contributed by atoms with E-state index in [2.05, 4.69) is 0 Å². The normalized spacial score (nSPS) is 44.4. The highest BCUT2D eigenvalue weighted by molar-refractivity contribution is 6.32. The maximum atomic E-state index is 8.04. The predicted molar refractivity (Wildman–Crippen MR) is 57.9 cm³/mol. The van der Waals surface area contributed by atoms with E-state index in [1.165, 1.54) is 18.2 Å². The second-order valence-corrected chi connectivity index (χ2v) is 2.78. The highest BCUT2D eigenvalue weighted by atomic mass is 35.5. The van der Waals surface area contributed by atoms with Crippen molar-refractivity contribution >= 4 is 17.2 Å². The Bertz CT molecular complexity index is 691. The first-order valence-corrected chi connectivity index (χ1v) is 4.06. The fourth-order valence-electron chi connectivity index (χ4n) is 0.994. The van der Waals surface area contributed by atoms with Gasteiger partial charge in [-0.15, -0.1) is 0 Å². The van der Waals surface area contributed by atoms with E-state index in [1.54, 1.807) is 0 Å². The minimum Gasteiger partial charge on any atom is -0.0837 e. The molecule has 1 aromatic carbocycles. The molecule has 68 valence electrons. The maximum absolute atomic E-state index is 8.04. The van der Waals surface area contributed by atoms with E-state index < -0.39 is 37.1 Å². The van der Waals surface area contributed by atoms with Crippen molar-refractivity contribution in [3.63, 3.8) is 0 Å². The third-order valence-electron chi connectivity index (χ3n) is 1.57. The molecule has 0 bridgehead atoms. The van der Waals surface area contributed by atoms with Crippen LogP contribution in [0, 0.1) is 0 Å². The number of halogens is 1. The Morgan fingerprint density at radius 2 is 2.31 bits per heavy atom. The summed E-state index contributed by atoms with van der Waals surface area (Å²) in [6.45, 7) is 0. The molecule has 0 aliphatic heterocycles. The molecule has 0 saturated carbocycles. The lowest BCUT2D eigenvalue weighted by atomic mass is 9.94. The van der Waals surface area contributed by atoms with Crippen LogP contribution in [0.3, 0.4) is 0 Å². The van der Waals surface area contributed by atoms with Crippen LogP contribution in [-0.2, 0) is 0 Å². The zero-order valence-electron chi connectivity index (χ0n) is 16.6. The average Bonchev–Trinajstić information content (AvgIpc) is 2.41. The third kappa shape index (κ3) is 1.94. The molecule has 0 spiro atoms. The van der Waals surface area contributed by atoms with Gasteiger partial charge in [0.05, 0.1) is 2.74 Å². The van der Waals surface area contributed by atoms with Gasteiger partial charge in [-0.2, -0.15) is 0 Å². The standard InChI is InChI=1S/C12H13Cl/c13-12-9-5-4-8-11(12)10-6-2-1-3-7-10/h4-6,8-9H,1-3,7H2/i1D2,2D2,3D2,6D,7D2,9D. The number of hydrogen-bond acceptors (Lipinski definition) is 0. The Morgan fingerprint density at radius 1 is 1.38 bits per heavy atom. The molecule has 0 N–H and O–H groups in total. The summed E-state index contributed by atoms with van der Waals surface area (Å²) in [5.74, 6) is 0. The minimum atomic E-state index is -3.27. The summed E-state index contributed by atoms with van der Waals surface area (Å²) >= 11 is 5.97. The zero-order chi connectivity index (χ0) is 18.0. The molecule has 0 atom stereocenters. The van der Waals surface area contributed by atoms with Crippen LogP contribution in [0.5, 0.6) is 0 Å². The molecule has 2 rings (SSSR count). The molecule has 1 heteroatoms. The van der Waals surface area contributed by atoms with E-state index in [0.717, 1.165) is 0 Å². The molecule has 0 fully saturated rings. The Balaban J connectivity index is 2.93. The monoisotopic (exact) mass is 202 g/mol. The van der Waals surface area contributed by atoms with Crippen molar-refractivity contribution in [2.75, 3.05) is 0 Å². The van der Waals surface area contributed by atoms with E-state index in [9.17, 15) is 0 Å². The smallest absolute Gasteiger partial charge is 0.0639 e. The van der Waals surface area contributed by atoms with Crippen LogP contribution in [0.1, 0.15) is 44.8 Å². The van der Waals surface area contributed by atoms with E-state index in [0.29, 0.717) is 0 Å². The molecule has 0 unspecified atom stereocenters. The summed E-state index contributed by atoms with van der Waals surface area (Å²) in [4.78, 5) is 0. The van der Waals surface area contributed by atoms with Gasteiger partial charge in [0.25, 0.3) is 0 Å². The lowest BCUT2D eigenvalue weighted by Gasteiger charge is -2.13. The van der Waals surface area contributed by atoms with Crippen molar-refractivity contribution in [2.24, 2.45) is 0 Å². The summed E-state index contributed by atoms with van der Waals surface area (Å²) in [7, 11) is 0. The van der Waals surface area contributed by atoms with Crippen molar-refractivity contribution in [3.8, 4) is 0 Å². The topological polar surface area (TPSA) is 0 Å². The molecule has 0 aromatic heterocycles. The van der Waals surface area contributed by atoms with Crippen molar-refractivity contribution in [3.05, 3.63) is 40.9 Å². The summed E-state index contributed by atoms with van der Waals surface area (Å²) in [5, 5.41) is -0.245. The van der Waals surface area contributed by atoms with Gasteiger partial charge in [0.15, 0.2) is 0 Å².